The van der Waals surface area contributed by atoms with Crippen LogP contribution in [0.25, 0.3) is 0 Å². The van der Waals surface area contributed by atoms with E-state index in [1.807, 2.05) is 0 Å². The summed E-state index contributed by atoms with van der Waals surface area (Å²) < 4.78 is 43.9. The molecule has 0 radical (unpaired) electrons. The fourth-order valence-corrected chi connectivity index (χ4v) is 3.85. The first kappa shape index (κ1) is 21.8. The van der Waals surface area contributed by atoms with Crippen molar-refractivity contribution in [2.75, 3.05) is 13.2 Å². The Morgan fingerprint density at radius 3 is 2.50 bits per heavy atom. The Balaban J connectivity index is 1.99. The molecular formula is C19H19F3N2O6. The molecule has 2 amide bonds. The van der Waals surface area contributed by atoms with Gasteiger partial charge in [0.2, 0.25) is 11.8 Å². The third kappa shape index (κ3) is 4.03. The maximum atomic E-state index is 12.8. The van der Waals surface area contributed by atoms with Crippen molar-refractivity contribution in [2.24, 2.45) is 5.92 Å². The number of hydrogen-bond donors (Lipinski definition) is 4. The SMILES string of the molecule is CC1OCC2=C1C(O)(Cc1ccc(C(F)(F)F)cc1)C(C(=O)NCC(=O)O)C(=O)N2. The van der Waals surface area contributed by atoms with E-state index in [0.29, 0.717) is 0 Å². The summed E-state index contributed by atoms with van der Waals surface area (Å²) in [6.07, 6.45) is -5.56. The topological polar surface area (TPSA) is 125 Å². The van der Waals surface area contributed by atoms with Gasteiger partial charge in [-0.1, -0.05) is 12.1 Å². The summed E-state index contributed by atoms with van der Waals surface area (Å²) in [5.74, 6) is -4.94. The Bertz CT molecular complexity index is 912. The second-order valence-corrected chi connectivity index (χ2v) is 7.17. The minimum Gasteiger partial charge on any atom is -0.480 e. The van der Waals surface area contributed by atoms with E-state index in [1.165, 1.54) is 0 Å². The molecule has 4 N–H and O–H groups in total. The first-order chi connectivity index (χ1) is 13.9. The van der Waals surface area contributed by atoms with E-state index in [1.54, 1.807) is 6.92 Å². The number of carbonyl (C=O) groups is 3. The summed E-state index contributed by atoms with van der Waals surface area (Å²) in [6, 6.07) is 3.98. The van der Waals surface area contributed by atoms with Crippen LogP contribution < -0.4 is 10.6 Å². The number of carbonyl (C=O) groups excluding carboxylic acids is 2. The predicted molar refractivity (Wildman–Crippen MR) is 94.8 cm³/mol. The molecule has 0 saturated heterocycles. The Kier molecular flexibility index (Phi) is 5.61. The Labute approximate surface area is 168 Å². The molecular weight excluding hydrogens is 409 g/mol. The van der Waals surface area contributed by atoms with Crippen LogP contribution in [0, 0.1) is 5.92 Å². The number of benzene rings is 1. The van der Waals surface area contributed by atoms with E-state index in [2.05, 4.69) is 10.6 Å². The van der Waals surface area contributed by atoms with Gasteiger partial charge >= 0.3 is 12.1 Å². The van der Waals surface area contributed by atoms with Gasteiger partial charge < -0.3 is 25.6 Å². The van der Waals surface area contributed by atoms with E-state index in [-0.39, 0.29) is 29.9 Å². The first-order valence-electron chi connectivity index (χ1n) is 8.97. The Morgan fingerprint density at radius 1 is 1.30 bits per heavy atom. The Morgan fingerprint density at radius 2 is 1.93 bits per heavy atom. The molecule has 30 heavy (non-hydrogen) atoms. The summed E-state index contributed by atoms with van der Waals surface area (Å²) >= 11 is 0. The lowest BCUT2D eigenvalue weighted by molar-refractivity contribution is -0.148. The minimum atomic E-state index is -4.54. The van der Waals surface area contributed by atoms with E-state index in [9.17, 15) is 32.7 Å². The number of nitrogens with one attached hydrogen (secondary N) is 2. The summed E-state index contributed by atoms with van der Waals surface area (Å²) in [6.45, 7) is 0.821. The molecule has 1 aromatic rings. The highest BCUT2D eigenvalue weighted by Crippen LogP contribution is 2.41. The van der Waals surface area contributed by atoms with E-state index in [4.69, 9.17) is 9.84 Å². The highest BCUT2D eigenvalue weighted by atomic mass is 19.4. The molecule has 3 unspecified atom stereocenters. The van der Waals surface area contributed by atoms with Crippen LogP contribution >= 0.6 is 0 Å². The molecule has 0 spiro atoms. The van der Waals surface area contributed by atoms with Gasteiger partial charge in [-0.05, 0) is 24.6 Å². The number of amides is 2. The van der Waals surface area contributed by atoms with Crippen molar-refractivity contribution < 1.29 is 42.5 Å². The molecule has 3 atom stereocenters. The van der Waals surface area contributed by atoms with Gasteiger partial charge in [-0.25, -0.2) is 0 Å². The molecule has 3 rings (SSSR count). The zero-order chi connectivity index (χ0) is 22.3. The lowest BCUT2D eigenvalue weighted by Crippen LogP contribution is -2.60. The van der Waals surface area contributed by atoms with Crippen molar-refractivity contribution in [3.05, 3.63) is 46.7 Å². The van der Waals surface area contributed by atoms with Crippen molar-refractivity contribution in [3.63, 3.8) is 0 Å². The lowest BCUT2D eigenvalue weighted by Gasteiger charge is -2.40. The standard InChI is InChI=1S/C19H19F3N2O6/c1-9-14-12(8-30-9)24-17(28)15(16(27)23-7-13(25)26)18(14,29)6-10-2-4-11(5-3-10)19(20,21)22/h2-5,9,15,29H,6-8H2,1H3,(H,23,27)(H,24,28)(H,25,26). The smallest absolute Gasteiger partial charge is 0.416 e. The van der Waals surface area contributed by atoms with Gasteiger partial charge in [-0.2, -0.15) is 13.2 Å². The fraction of sp³-hybridized carbons (Fsp3) is 0.421. The number of aliphatic carboxylic acids is 1. The lowest BCUT2D eigenvalue weighted by atomic mass is 9.71. The van der Waals surface area contributed by atoms with Crippen LogP contribution in [0.5, 0.6) is 0 Å². The summed E-state index contributed by atoms with van der Waals surface area (Å²) in [7, 11) is 0. The van der Waals surface area contributed by atoms with Crippen LogP contribution in [0.1, 0.15) is 18.1 Å². The Hall–Kier alpha value is -2.92. The van der Waals surface area contributed by atoms with Gasteiger partial charge in [-0.3, -0.25) is 14.4 Å². The van der Waals surface area contributed by atoms with Gasteiger partial charge in [0, 0.05) is 17.7 Å². The van der Waals surface area contributed by atoms with Gasteiger partial charge in [0.15, 0.2) is 0 Å². The first-order valence-corrected chi connectivity index (χ1v) is 8.97. The monoisotopic (exact) mass is 428 g/mol. The molecule has 11 heteroatoms. The number of ether oxygens (including phenoxy) is 1. The summed E-state index contributed by atoms with van der Waals surface area (Å²) in [5.41, 5.74) is -2.23. The third-order valence-electron chi connectivity index (χ3n) is 5.12. The molecule has 0 saturated carbocycles. The molecule has 0 aliphatic carbocycles. The predicted octanol–water partition coefficient (Wildman–Crippen LogP) is 0.599. The quantitative estimate of drug-likeness (QED) is 0.509. The molecule has 2 aliphatic heterocycles. The molecule has 8 nitrogen and oxygen atoms in total. The average Bonchev–Trinajstić information content (AvgIpc) is 3.00. The number of rotatable bonds is 5. The van der Waals surface area contributed by atoms with Gasteiger partial charge in [-0.15, -0.1) is 0 Å². The molecule has 0 aromatic heterocycles. The van der Waals surface area contributed by atoms with Crippen LogP contribution in [-0.2, 0) is 31.7 Å². The second-order valence-electron chi connectivity index (χ2n) is 7.17. The van der Waals surface area contributed by atoms with Crippen LogP contribution in [0.2, 0.25) is 0 Å². The number of carboxylic acid groups (broad SMARTS) is 1. The second kappa shape index (κ2) is 7.73. The highest BCUT2D eigenvalue weighted by Gasteiger charge is 2.55. The number of alkyl halides is 3. The van der Waals surface area contributed by atoms with Gasteiger partial charge in [0.25, 0.3) is 0 Å². The molecule has 2 heterocycles. The van der Waals surface area contributed by atoms with E-state index >= 15 is 0 Å². The fourth-order valence-electron chi connectivity index (χ4n) is 3.85. The van der Waals surface area contributed by atoms with Crippen LogP contribution in [0.15, 0.2) is 35.5 Å². The largest absolute Gasteiger partial charge is 0.480 e. The average molecular weight is 428 g/mol. The van der Waals surface area contributed by atoms with Crippen molar-refractivity contribution in [1.29, 1.82) is 0 Å². The number of carboxylic acids is 1. The molecule has 0 bridgehead atoms. The van der Waals surface area contributed by atoms with Crippen LogP contribution in [-0.4, -0.2) is 52.9 Å². The molecule has 162 valence electrons. The zero-order valence-corrected chi connectivity index (χ0v) is 15.7. The summed E-state index contributed by atoms with van der Waals surface area (Å²) in [4.78, 5) is 36.0. The molecule has 0 fully saturated rings. The van der Waals surface area contributed by atoms with Crippen molar-refractivity contribution in [1.82, 2.24) is 10.6 Å². The zero-order valence-electron chi connectivity index (χ0n) is 15.7. The summed E-state index contributed by atoms with van der Waals surface area (Å²) in [5, 5.41) is 24.9. The van der Waals surface area contributed by atoms with Crippen molar-refractivity contribution >= 4 is 17.8 Å². The van der Waals surface area contributed by atoms with Gasteiger partial charge in [0.05, 0.1) is 18.3 Å². The number of halogens is 3. The maximum absolute atomic E-state index is 12.8. The van der Waals surface area contributed by atoms with E-state index in [0.717, 1.165) is 24.3 Å². The van der Waals surface area contributed by atoms with Crippen molar-refractivity contribution in [2.45, 2.75) is 31.2 Å². The third-order valence-corrected chi connectivity index (χ3v) is 5.12. The van der Waals surface area contributed by atoms with Crippen molar-refractivity contribution in [3.8, 4) is 0 Å². The minimum absolute atomic E-state index is 0.0129. The van der Waals surface area contributed by atoms with Crippen LogP contribution in [0.4, 0.5) is 13.2 Å². The normalized spacial score (nSPS) is 26.2. The molecule has 1 aromatic carbocycles. The van der Waals surface area contributed by atoms with Gasteiger partial charge in [0.1, 0.15) is 18.1 Å². The maximum Gasteiger partial charge on any atom is 0.416 e. The highest BCUT2D eigenvalue weighted by molar-refractivity contribution is 6.04. The van der Waals surface area contributed by atoms with E-state index < -0.39 is 53.7 Å². The van der Waals surface area contributed by atoms with Crippen LogP contribution in [0.3, 0.4) is 0 Å². The molecule has 2 aliphatic rings. The number of hydrogen-bond acceptors (Lipinski definition) is 5. The number of aliphatic hydroxyl groups is 1.